The van der Waals surface area contributed by atoms with Crippen molar-refractivity contribution in [2.24, 2.45) is 0 Å². The van der Waals surface area contributed by atoms with Crippen LogP contribution in [-0.4, -0.2) is 29.5 Å². The molecular formula is C15H27N3. The van der Waals surface area contributed by atoms with E-state index in [0.717, 1.165) is 25.3 Å². The smallest absolute Gasteiger partial charge is 0.0544 e. The summed E-state index contributed by atoms with van der Waals surface area (Å²) in [5.41, 5.74) is 2.41. The van der Waals surface area contributed by atoms with Crippen molar-refractivity contribution < 1.29 is 0 Å². The maximum Gasteiger partial charge on any atom is 0.0544 e. The Bertz CT molecular complexity index is 319. The van der Waals surface area contributed by atoms with Gasteiger partial charge in [0.2, 0.25) is 0 Å². The fourth-order valence-corrected chi connectivity index (χ4v) is 1.76. The minimum atomic E-state index is 0.518. The monoisotopic (exact) mass is 249 g/mol. The van der Waals surface area contributed by atoms with Crippen LogP contribution in [0.1, 0.15) is 44.9 Å². The van der Waals surface area contributed by atoms with Crippen LogP contribution in [0.5, 0.6) is 0 Å². The summed E-state index contributed by atoms with van der Waals surface area (Å²) in [6.45, 7) is 9.53. The Balaban J connectivity index is 2.39. The van der Waals surface area contributed by atoms with Gasteiger partial charge in [-0.1, -0.05) is 33.3 Å². The van der Waals surface area contributed by atoms with Gasteiger partial charge in [-0.15, -0.1) is 0 Å². The lowest BCUT2D eigenvalue weighted by atomic mass is 10.2. The number of nitrogens with zero attached hydrogens (tertiary/aromatic N) is 2. The zero-order valence-corrected chi connectivity index (χ0v) is 12.2. The van der Waals surface area contributed by atoms with Crippen LogP contribution >= 0.6 is 0 Å². The lowest BCUT2D eigenvalue weighted by Crippen LogP contribution is -2.22. The summed E-state index contributed by atoms with van der Waals surface area (Å²) in [5, 5.41) is 3.40. The van der Waals surface area contributed by atoms with Gasteiger partial charge >= 0.3 is 0 Å². The first kappa shape index (κ1) is 15.1. The first-order valence-electron chi connectivity index (χ1n) is 6.97. The van der Waals surface area contributed by atoms with E-state index in [4.69, 9.17) is 0 Å². The first-order valence-corrected chi connectivity index (χ1v) is 6.97. The van der Waals surface area contributed by atoms with Crippen molar-refractivity contribution in [3.8, 4) is 0 Å². The second-order valence-electron chi connectivity index (χ2n) is 5.28. The Kier molecular flexibility index (Phi) is 6.91. The molecule has 0 bridgehead atoms. The highest BCUT2D eigenvalue weighted by molar-refractivity contribution is 5.14. The van der Waals surface area contributed by atoms with E-state index in [0.29, 0.717) is 6.04 Å². The van der Waals surface area contributed by atoms with Gasteiger partial charge in [0.05, 0.1) is 5.69 Å². The summed E-state index contributed by atoms with van der Waals surface area (Å²) in [4.78, 5) is 6.85. The highest BCUT2D eigenvalue weighted by Crippen LogP contribution is 2.04. The molecule has 1 heterocycles. The molecule has 0 spiro atoms. The van der Waals surface area contributed by atoms with Gasteiger partial charge in [-0.3, -0.25) is 4.98 Å². The molecule has 0 amide bonds. The maximum atomic E-state index is 4.52. The summed E-state index contributed by atoms with van der Waals surface area (Å²) >= 11 is 0. The average molecular weight is 249 g/mol. The third kappa shape index (κ3) is 6.12. The van der Waals surface area contributed by atoms with Crippen LogP contribution in [0, 0.1) is 0 Å². The fraction of sp³-hybridized carbons (Fsp3) is 0.667. The number of unbranched alkanes of at least 4 members (excludes halogenated alkanes) is 1. The van der Waals surface area contributed by atoms with Crippen LogP contribution in [0.2, 0.25) is 0 Å². The Morgan fingerprint density at radius 3 is 2.67 bits per heavy atom. The van der Waals surface area contributed by atoms with Crippen molar-refractivity contribution in [1.82, 2.24) is 15.2 Å². The van der Waals surface area contributed by atoms with Crippen LogP contribution < -0.4 is 5.32 Å². The third-order valence-corrected chi connectivity index (χ3v) is 2.93. The van der Waals surface area contributed by atoms with Crippen molar-refractivity contribution >= 4 is 0 Å². The number of rotatable bonds is 8. The Hall–Kier alpha value is -0.930. The van der Waals surface area contributed by atoms with Crippen LogP contribution in [0.4, 0.5) is 0 Å². The van der Waals surface area contributed by atoms with Crippen LogP contribution in [0.25, 0.3) is 0 Å². The minimum absolute atomic E-state index is 0.518. The van der Waals surface area contributed by atoms with E-state index < -0.39 is 0 Å². The molecule has 18 heavy (non-hydrogen) atoms. The Labute approximate surface area is 112 Å². The molecule has 1 aromatic heterocycles. The summed E-state index contributed by atoms with van der Waals surface area (Å²) in [6, 6.07) is 4.83. The standard InChI is InChI=1S/C15H27N3/c1-5-6-9-18(4)12-15-8-7-14(11-17-15)10-16-13(2)3/h7-8,11,13,16H,5-6,9-10,12H2,1-4H3. The molecule has 0 fully saturated rings. The molecular weight excluding hydrogens is 222 g/mol. The van der Waals surface area contributed by atoms with E-state index in [1.54, 1.807) is 0 Å². The molecule has 3 nitrogen and oxygen atoms in total. The van der Waals surface area contributed by atoms with Crippen molar-refractivity contribution in [3.63, 3.8) is 0 Å². The molecule has 0 aliphatic heterocycles. The van der Waals surface area contributed by atoms with E-state index in [2.05, 4.69) is 55.2 Å². The third-order valence-electron chi connectivity index (χ3n) is 2.93. The minimum Gasteiger partial charge on any atom is -0.310 e. The summed E-state index contributed by atoms with van der Waals surface area (Å²) in [5.74, 6) is 0. The van der Waals surface area contributed by atoms with Crippen molar-refractivity contribution in [1.29, 1.82) is 0 Å². The molecule has 0 radical (unpaired) electrons. The summed E-state index contributed by atoms with van der Waals surface area (Å²) in [7, 11) is 2.16. The second kappa shape index (κ2) is 8.22. The lowest BCUT2D eigenvalue weighted by molar-refractivity contribution is 0.317. The van der Waals surface area contributed by atoms with E-state index >= 15 is 0 Å². The van der Waals surface area contributed by atoms with Crippen molar-refractivity contribution in [2.45, 2.75) is 52.7 Å². The van der Waals surface area contributed by atoms with Gasteiger partial charge in [-0.05, 0) is 31.6 Å². The quantitative estimate of drug-likeness (QED) is 0.768. The molecule has 0 aliphatic carbocycles. The van der Waals surface area contributed by atoms with Crippen molar-refractivity contribution in [2.75, 3.05) is 13.6 Å². The fourth-order valence-electron chi connectivity index (χ4n) is 1.76. The van der Waals surface area contributed by atoms with Gasteiger partial charge in [-0.25, -0.2) is 0 Å². The zero-order chi connectivity index (χ0) is 13.4. The van der Waals surface area contributed by atoms with Gasteiger partial charge in [0.15, 0.2) is 0 Å². The van der Waals surface area contributed by atoms with Crippen LogP contribution in [0.3, 0.4) is 0 Å². The zero-order valence-electron chi connectivity index (χ0n) is 12.2. The highest BCUT2D eigenvalue weighted by Gasteiger charge is 2.01. The van der Waals surface area contributed by atoms with Gasteiger partial charge in [0.1, 0.15) is 0 Å². The molecule has 1 rings (SSSR count). The SMILES string of the molecule is CCCCN(C)Cc1ccc(CNC(C)C)cn1. The molecule has 0 aliphatic rings. The van der Waals surface area contributed by atoms with E-state index in [1.807, 2.05) is 6.20 Å². The molecule has 0 atom stereocenters. The van der Waals surface area contributed by atoms with Gasteiger partial charge in [-0.2, -0.15) is 0 Å². The molecule has 0 saturated heterocycles. The number of hydrogen-bond acceptors (Lipinski definition) is 3. The van der Waals surface area contributed by atoms with Crippen LogP contribution in [-0.2, 0) is 13.1 Å². The highest BCUT2D eigenvalue weighted by atomic mass is 15.1. The molecule has 3 heteroatoms. The van der Waals surface area contributed by atoms with Gasteiger partial charge in [0.25, 0.3) is 0 Å². The topological polar surface area (TPSA) is 28.2 Å². The number of hydrogen-bond donors (Lipinski definition) is 1. The predicted octanol–water partition coefficient (Wildman–Crippen LogP) is 2.81. The number of aromatic nitrogens is 1. The Morgan fingerprint density at radius 1 is 1.33 bits per heavy atom. The molecule has 0 aromatic carbocycles. The van der Waals surface area contributed by atoms with E-state index in [1.165, 1.54) is 18.4 Å². The lowest BCUT2D eigenvalue weighted by Gasteiger charge is -2.15. The Morgan fingerprint density at radius 2 is 2.11 bits per heavy atom. The van der Waals surface area contributed by atoms with Gasteiger partial charge in [0, 0.05) is 25.3 Å². The predicted molar refractivity (Wildman–Crippen MR) is 77.5 cm³/mol. The summed E-state index contributed by atoms with van der Waals surface area (Å²) < 4.78 is 0. The van der Waals surface area contributed by atoms with Gasteiger partial charge < -0.3 is 10.2 Å². The number of pyridine rings is 1. The molecule has 0 saturated carbocycles. The molecule has 1 N–H and O–H groups in total. The van der Waals surface area contributed by atoms with Crippen LogP contribution in [0.15, 0.2) is 18.3 Å². The summed E-state index contributed by atoms with van der Waals surface area (Å²) in [6.07, 6.45) is 4.49. The van der Waals surface area contributed by atoms with E-state index in [-0.39, 0.29) is 0 Å². The molecule has 1 aromatic rings. The van der Waals surface area contributed by atoms with Crippen molar-refractivity contribution in [3.05, 3.63) is 29.6 Å². The average Bonchev–Trinajstić information content (AvgIpc) is 2.35. The molecule has 0 unspecified atom stereocenters. The maximum absolute atomic E-state index is 4.52. The second-order valence-corrected chi connectivity index (χ2v) is 5.28. The normalized spacial score (nSPS) is 11.4. The molecule has 102 valence electrons. The van der Waals surface area contributed by atoms with E-state index in [9.17, 15) is 0 Å². The largest absolute Gasteiger partial charge is 0.310 e. The first-order chi connectivity index (χ1) is 8.61. The number of nitrogens with one attached hydrogen (secondary N) is 1.